The number of hydrogen-bond acceptors (Lipinski definition) is 7. The molecule has 0 saturated carbocycles. The van der Waals surface area contributed by atoms with Crippen molar-refractivity contribution in [1.29, 1.82) is 0 Å². The molecule has 1 atom stereocenters. The topological polar surface area (TPSA) is 103 Å². The lowest BCUT2D eigenvalue weighted by molar-refractivity contribution is 0.198. The number of nitrogens with two attached hydrogens (primary N) is 1. The van der Waals surface area contributed by atoms with Crippen LogP contribution in [0.4, 0.5) is 10.8 Å². The number of benzene rings is 1. The summed E-state index contributed by atoms with van der Waals surface area (Å²) in [7, 11) is 0. The Bertz CT molecular complexity index is 844. The average molecular weight is 342 g/mol. The second kappa shape index (κ2) is 6.23. The van der Waals surface area contributed by atoms with Crippen LogP contribution in [0.1, 0.15) is 6.42 Å². The van der Waals surface area contributed by atoms with E-state index in [1.54, 1.807) is 6.20 Å². The van der Waals surface area contributed by atoms with Crippen LogP contribution < -0.4 is 16.2 Å². The van der Waals surface area contributed by atoms with Crippen molar-refractivity contribution in [2.24, 2.45) is 5.84 Å². The summed E-state index contributed by atoms with van der Waals surface area (Å²) < 4.78 is 0. The molecule has 1 aliphatic heterocycles. The van der Waals surface area contributed by atoms with Crippen molar-refractivity contribution in [1.82, 2.24) is 15.2 Å². The first-order valence-electron chi connectivity index (χ1n) is 7.74. The second-order valence-corrected chi connectivity index (χ2v) is 6.64. The highest BCUT2D eigenvalue weighted by molar-refractivity contribution is 7.14. The number of β-amino-alcohol motifs (C(OH)–C–C–N with tert-alkyl or cyclic N) is 1. The first kappa shape index (κ1) is 15.1. The predicted octanol–water partition coefficient (Wildman–Crippen LogP) is 2.06. The molecular weight excluding hydrogens is 324 g/mol. The molecule has 1 saturated heterocycles. The maximum atomic E-state index is 9.75. The van der Waals surface area contributed by atoms with Gasteiger partial charge in [0.2, 0.25) is 0 Å². The van der Waals surface area contributed by atoms with Gasteiger partial charge in [0.05, 0.1) is 23.7 Å². The zero-order chi connectivity index (χ0) is 16.5. The van der Waals surface area contributed by atoms with Gasteiger partial charge in [-0.25, -0.2) is 10.8 Å². The summed E-state index contributed by atoms with van der Waals surface area (Å²) in [6, 6.07) is 8.25. The number of nitrogens with zero attached hydrogens (tertiary/aromatic N) is 3. The number of aromatic amines is 1. The summed E-state index contributed by atoms with van der Waals surface area (Å²) in [5.74, 6) is 5.42. The average Bonchev–Trinajstić information content (AvgIpc) is 3.34. The molecule has 1 unspecified atom stereocenters. The van der Waals surface area contributed by atoms with Gasteiger partial charge in [0.1, 0.15) is 0 Å². The Morgan fingerprint density at radius 1 is 1.42 bits per heavy atom. The highest BCUT2D eigenvalue weighted by atomic mass is 32.1. The molecule has 1 aromatic carbocycles. The molecule has 24 heavy (non-hydrogen) atoms. The van der Waals surface area contributed by atoms with Gasteiger partial charge < -0.3 is 10.0 Å². The van der Waals surface area contributed by atoms with Crippen molar-refractivity contribution < 1.29 is 5.11 Å². The van der Waals surface area contributed by atoms with E-state index >= 15 is 0 Å². The summed E-state index contributed by atoms with van der Waals surface area (Å²) >= 11 is 1.45. The Hall–Kier alpha value is -2.42. The minimum Gasteiger partial charge on any atom is -0.391 e. The fraction of sp³-hybridized carbons (Fsp3) is 0.250. The van der Waals surface area contributed by atoms with E-state index in [-0.39, 0.29) is 6.10 Å². The van der Waals surface area contributed by atoms with Crippen LogP contribution in [0, 0.1) is 0 Å². The Balaban J connectivity index is 1.68. The molecule has 4 rings (SSSR count). The van der Waals surface area contributed by atoms with Crippen LogP contribution in [0.25, 0.3) is 22.5 Å². The lowest BCUT2D eigenvalue weighted by atomic mass is 10.1. The molecular formula is C16H18N6OS. The number of rotatable bonds is 4. The molecule has 0 radical (unpaired) electrons. The molecule has 8 heteroatoms. The minimum absolute atomic E-state index is 0.242. The van der Waals surface area contributed by atoms with E-state index < -0.39 is 0 Å². The first-order chi connectivity index (χ1) is 11.7. The lowest BCUT2D eigenvalue weighted by Crippen LogP contribution is -2.20. The van der Waals surface area contributed by atoms with Crippen molar-refractivity contribution in [3.8, 4) is 22.5 Å². The number of thiazole rings is 1. The number of aromatic nitrogens is 3. The van der Waals surface area contributed by atoms with Gasteiger partial charge in [0.15, 0.2) is 5.13 Å². The third-order valence-electron chi connectivity index (χ3n) is 4.21. The third kappa shape index (κ3) is 2.75. The Labute approximate surface area is 143 Å². The number of H-pyrrole nitrogens is 1. The van der Waals surface area contributed by atoms with E-state index in [1.165, 1.54) is 11.3 Å². The third-order valence-corrected chi connectivity index (χ3v) is 4.98. The van der Waals surface area contributed by atoms with E-state index in [0.717, 1.165) is 41.2 Å². The van der Waals surface area contributed by atoms with Crippen LogP contribution in [0.3, 0.4) is 0 Å². The number of anilines is 2. The van der Waals surface area contributed by atoms with Gasteiger partial charge in [-0.2, -0.15) is 5.10 Å². The van der Waals surface area contributed by atoms with E-state index in [1.807, 2.05) is 17.5 Å². The minimum atomic E-state index is -0.242. The molecule has 5 N–H and O–H groups in total. The number of hydrogen-bond donors (Lipinski definition) is 4. The monoisotopic (exact) mass is 342 g/mol. The van der Waals surface area contributed by atoms with Crippen molar-refractivity contribution >= 4 is 22.2 Å². The molecule has 3 heterocycles. The van der Waals surface area contributed by atoms with Crippen LogP contribution in [-0.2, 0) is 0 Å². The molecule has 0 spiro atoms. The van der Waals surface area contributed by atoms with Gasteiger partial charge in [0, 0.05) is 35.3 Å². The van der Waals surface area contributed by atoms with E-state index in [9.17, 15) is 5.11 Å². The van der Waals surface area contributed by atoms with Crippen LogP contribution in [0.15, 0.2) is 35.8 Å². The van der Waals surface area contributed by atoms with Crippen LogP contribution in [-0.4, -0.2) is 39.5 Å². The SMILES string of the molecule is NNc1nc(-c2cn[nH]c2-c2cccc(N3CCC(O)C3)c2)cs1. The number of hydrazine groups is 1. The van der Waals surface area contributed by atoms with Crippen molar-refractivity contribution in [3.63, 3.8) is 0 Å². The first-order valence-corrected chi connectivity index (χ1v) is 8.62. The normalized spacial score (nSPS) is 17.4. The van der Waals surface area contributed by atoms with E-state index in [2.05, 4.69) is 37.6 Å². The quantitative estimate of drug-likeness (QED) is 0.427. The van der Waals surface area contributed by atoms with Gasteiger partial charge in [-0.3, -0.25) is 10.5 Å². The largest absolute Gasteiger partial charge is 0.391 e. The summed E-state index contributed by atoms with van der Waals surface area (Å²) in [6.45, 7) is 1.55. The highest BCUT2D eigenvalue weighted by Gasteiger charge is 2.21. The van der Waals surface area contributed by atoms with Gasteiger partial charge in [-0.05, 0) is 18.6 Å². The Morgan fingerprint density at radius 2 is 2.33 bits per heavy atom. The molecule has 0 aliphatic carbocycles. The maximum Gasteiger partial charge on any atom is 0.197 e. The standard InChI is InChI=1S/C16H18N6OS/c17-20-16-19-14(9-24-16)13-7-18-21-15(13)10-2-1-3-11(6-10)22-5-4-12(23)8-22/h1-3,6-7,9,12,23H,4-5,8,17H2,(H,18,21)(H,19,20). The lowest BCUT2D eigenvalue weighted by Gasteiger charge is -2.18. The summed E-state index contributed by atoms with van der Waals surface area (Å²) in [5.41, 5.74) is 7.40. The number of nitrogen functional groups attached to an aromatic ring is 1. The molecule has 124 valence electrons. The summed E-state index contributed by atoms with van der Waals surface area (Å²) in [6.07, 6.45) is 2.35. The number of aliphatic hydroxyl groups is 1. The van der Waals surface area contributed by atoms with Crippen molar-refractivity contribution in [3.05, 3.63) is 35.8 Å². The number of aliphatic hydroxyl groups excluding tert-OH is 1. The maximum absolute atomic E-state index is 9.75. The van der Waals surface area contributed by atoms with Gasteiger partial charge >= 0.3 is 0 Å². The van der Waals surface area contributed by atoms with Gasteiger partial charge in [-0.15, -0.1) is 11.3 Å². The highest BCUT2D eigenvalue weighted by Crippen LogP contribution is 2.34. The summed E-state index contributed by atoms with van der Waals surface area (Å²) in [4.78, 5) is 6.64. The molecule has 0 bridgehead atoms. The number of nitrogens with one attached hydrogen (secondary N) is 2. The van der Waals surface area contributed by atoms with E-state index in [0.29, 0.717) is 11.7 Å². The molecule has 0 amide bonds. The fourth-order valence-electron chi connectivity index (χ4n) is 3.00. The van der Waals surface area contributed by atoms with E-state index in [4.69, 9.17) is 5.84 Å². The molecule has 2 aromatic heterocycles. The van der Waals surface area contributed by atoms with Crippen LogP contribution in [0.2, 0.25) is 0 Å². The van der Waals surface area contributed by atoms with Gasteiger partial charge in [0.25, 0.3) is 0 Å². The second-order valence-electron chi connectivity index (χ2n) is 5.78. The zero-order valence-corrected chi connectivity index (χ0v) is 13.8. The Morgan fingerprint density at radius 3 is 3.08 bits per heavy atom. The molecule has 3 aromatic rings. The smallest absolute Gasteiger partial charge is 0.197 e. The fourth-order valence-corrected chi connectivity index (χ4v) is 3.62. The predicted molar refractivity (Wildman–Crippen MR) is 95.8 cm³/mol. The molecule has 7 nitrogen and oxygen atoms in total. The van der Waals surface area contributed by atoms with Crippen LogP contribution >= 0.6 is 11.3 Å². The van der Waals surface area contributed by atoms with Crippen molar-refractivity contribution in [2.75, 3.05) is 23.4 Å². The summed E-state index contributed by atoms with van der Waals surface area (Å²) in [5, 5.41) is 19.6. The molecule has 1 fully saturated rings. The van der Waals surface area contributed by atoms with Crippen LogP contribution in [0.5, 0.6) is 0 Å². The zero-order valence-electron chi connectivity index (χ0n) is 12.9. The van der Waals surface area contributed by atoms with Crippen molar-refractivity contribution in [2.45, 2.75) is 12.5 Å². The van der Waals surface area contributed by atoms with Gasteiger partial charge in [-0.1, -0.05) is 12.1 Å². The Kier molecular flexibility index (Phi) is 3.93. The molecule has 1 aliphatic rings.